The number of hydrogen-bond acceptors (Lipinski definition) is 2. The van der Waals surface area contributed by atoms with Crippen molar-refractivity contribution >= 4 is 0 Å². The van der Waals surface area contributed by atoms with Crippen molar-refractivity contribution in [2.24, 2.45) is 11.8 Å². The van der Waals surface area contributed by atoms with E-state index in [0.29, 0.717) is 6.04 Å². The van der Waals surface area contributed by atoms with Gasteiger partial charge in [0.25, 0.3) is 0 Å². The molecular weight excluding hydrogens is 222 g/mol. The van der Waals surface area contributed by atoms with Crippen LogP contribution < -0.4 is 5.32 Å². The lowest BCUT2D eigenvalue weighted by molar-refractivity contribution is -0.0354. The minimum atomic E-state index is 0.0976. The fourth-order valence-electron chi connectivity index (χ4n) is 3.85. The molecule has 2 aliphatic rings. The second-order valence-corrected chi connectivity index (χ2v) is 6.72. The monoisotopic (exact) mass is 253 g/mol. The molecule has 1 saturated carbocycles. The summed E-state index contributed by atoms with van der Waals surface area (Å²) in [4.78, 5) is 0. The summed E-state index contributed by atoms with van der Waals surface area (Å²) >= 11 is 0. The molecule has 0 bridgehead atoms. The number of rotatable bonds is 5. The molecule has 0 aromatic carbocycles. The quantitative estimate of drug-likeness (QED) is 0.805. The van der Waals surface area contributed by atoms with Crippen LogP contribution in [0.15, 0.2) is 0 Å². The molecule has 2 unspecified atom stereocenters. The largest absolute Gasteiger partial charge is 0.374 e. The zero-order valence-electron chi connectivity index (χ0n) is 12.5. The second-order valence-electron chi connectivity index (χ2n) is 6.72. The second kappa shape index (κ2) is 6.38. The highest BCUT2D eigenvalue weighted by atomic mass is 16.5. The van der Waals surface area contributed by atoms with Crippen LogP contribution in [0.25, 0.3) is 0 Å². The lowest BCUT2D eigenvalue weighted by Gasteiger charge is -2.42. The van der Waals surface area contributed by atoms with E-state index < -0.39 is 0 Å². The maximum absolute atomic E-state index is 6.12. The molecule has 0 spiro atoms. The summed E-state index contributed by atoms with van der Waals surface area (Å²) in [5.74, 6) is 1.77. The van der Waals surface area contributed by atoms with Crippen molar-refractivity contribution in [1.29, 1.82) is 0 Å². The predicted molar refractivity (Wildman–Crippen MR) is 76.8 cm³/mol. The Balaban J connectivity index is 1.99. The first-order chi connectivity index (χ1) is 8.65. The molecule has 1 saturated heterocycles. The van der Waals surface area contributed by atoms with Crippen molar-refractivity contribution in [1.82, 2.24) is 5.32 Å². The van der Waals surface area contributed by atoms with Gasteiger partial charge in [-0.2, -0.15) is 0 Å². The minimum absolute atomic E-state index is 0.0976. The van der Waals surface area contributed by atoms with Gasteiger partial charge in [-0.1, -0.05) is 26.7 Å². The first-order valence-corrected chi connectivity index (χ1v) is 8.03. The van der Waals surface area contributed by atoms with Crippen LogP contribution in [-0.2, 0) is 4.74 Å². The smallest absolute Gasteiger partial charge is 0.0810 e. The van der Waals surface area contributed by atoms with E-state index in [4.69, 9.17) is 4.74 Å². The maximum Gasteiger partial charge on any atom is 0.0810 e. The summed E-state index contributed by atoms with van der Waals surface area (Å²) in [6.45, 7) is 9.09. The van der Waals surface area contributed by atoms with Crippen LogP contribution in [0, 0.1) is 11.8 Å². The lowest BCUT2D eigenvalue weighted by Crippen LogP contribution is -2.53. The van der Waals surface area contributed by atoms with Crippen molar-refractivity contribution < 1.29 is 4.74 Å². The Bertz CT molecular complexity index is 239. The highest BCUT2D eigenvalue weighted by Gasteiger charge is 2.42. The normalized spacial score (nSPS) is 38.8. The third-order valence-corrected chi connectivity index (χ3v) is 5.05. The summed E-state index contributed by atoms with van der Waals surface area (Å²) in [5.41, 5.74) is 0.0976. The summed E-state index contributed by atoms with van der Waals surface area (Å²) in [6, 6.07) is 0.576. The highest BCUT2D eigenvalue weighted by Crippen LogP contribution is 2.39. The number of hydrogen-bond donors (Lipinski definition) is 1. The molecule has 2 atom stereocenters. The molecule has 1 N–H and O–H groups in total. The van der Waals surface area contributed by atoms with E-state index in [1.165, 1.54) is 44.9 Å². The number of nitrogens with one attached hydrogen (secondary N) is 1. The zero-order chi connectivity index (χ0) is 13.0. The van der Waals surface area contributed by atoms with Gasteiger partial charge in [0.05, 0.1) is 5.60 Å². The fourth-order valence-corrected chi connectivity index (χ4v) is 3.85. The molecule has 0 aromatic heterocycles. The van der Waals surface area contributed by atoms with Crippen molar-refractivity contribution in [3.05, 3.63) is 0 Å². The molecule has 1 aliphatic carbocycles. The summed E-state index contributed by atoms with van der Waals surface area (Å²) < 4.78 is 6.12. The molecule has 1 aliphatic heterocycles. The van der Waals surface area contributed by atoms with E-state index in [9.17, 15) is 0 Å². The lowest BCUT2D eigenvalue weighted by atomic mass is 9.73. The Kier molecular flexibility index (Phi) is 5.08. The Morgan fingerprint density at radius 3 is 2.56 bits per heavy atom. The van der Waals surface area contributed by atoms with Crippen molar-refractivity contribution in [2.45, 2.75) is 77.4 Å². The maximum atomic E-state index is 6.12. The Morgan fingerprint density at radius 2 is 2.00 bits per heavy atom. The standard InChI is InChI=1S/C16H31NO/c1-4-11-17-15(16(3)10-5-12-18-16)14-8-6-13(2)7-9-14/h13-15,17H,4-12H2,1-3H3. The molecule has 1 heterocycles. The third kappa shape index (κ3) is 3.27. The molecule has 2 fully saturated rings. The number of ether oxygens (including phenoxy) is 1. The fraction of sp³-hybridized carbons (Fsp3) is 1.00. The highest BCUT2D eigenvalue weighted by molar-refractivity contribution is 4.97. The first-order valence-electron chi connectivity index (χ1n) is 8.03. The summed E-state index contributed by atoms with van der Waals surface area (Å²) in [5, 5.41) is 3.81. The van der Waals surface area contributed by atoms with Gasteiger partial charge in [0.2, 0.25) is 0 Å². The van der Waals surface area contributed by atoms with Crippen LogP contribution in [-0.4, -0.2) is 24.8 Å². The minimum Gasteiger partial charge on any atom is -0.374 e. The van der Waals surface area contributed by atoms with Gasteiger partial charge in [-0.05, 0) is 57.4 Å². The van der Waals surface area contributed by atoms with Gasteiger partial charge in [-0.3, -0.25) is 0 Å². The van der Waals surface area contributed by atoms with Gasteiger partial charge in [0.1, 0.15) is 0 Å². The Hall–Kier alpha value is -0.0800. The van der Waals surface area contributed by atoms with E-state index >= 15 is 0 Å². The molecule has 2 rings (SSSR count). The van der Waals surface area contributed by atoms with E-state index in [-0.39, 0.29) is 5.60 Å². The average Bonchev–Trinajstić information content (AvgIpc) is 2.80. The van der Waals surface area contributed by atoms with Gasteiger partial charge in [0.15, 0.2) is 0 Å². The topological polar surface area (TPSA) is 21.3 Å². The van der Waals surface area contributed by atoms with Gasteiger partial charge in [0, 0.05) is 12.6 Å². The van der Waals surface area contributed by atoms with E-state index in [0.717, 1.165) is 25.0 Å². The van der Waals surface area contributed by atoms with Crippen LogP contribution in [0.4, 0.5) is 0 Å². The van der Waals surface area contributed by atoms with Crippen LogP contribution in [0.3, 0.4) is 0 Å². The van der Waals surface area contributed by atoms with Gasteiger partial charge < -0.3 is 10.1 Å². The SMILES string of the molecule is CCCNC(C1CCC(C)CC1)C1(C)CCCO1. The molecule has 0 aromatic rings. The van der Waals surface area contributed by atoms with Crippen LogP contribution in [0.5, 0.6) is 0 Å². The zero-order valence-corrected chi connectivity index (χ0v) is 12.5. The summed E-state index contributed by atoms with van der Waals surface area (Å²) in [6.07, 6.45) is 9.29. The van der Waals surface area contributed by atoms with Gasteiger partial charge in [-0.15, -0.1) is 0 Å². The van der Waals surface area contributed by atoms with E-state index in [1.54, 1.807) is 0 Å². The van der Waals surface area contributed by atoms with Crippen molar-refractivity contribution in [3.63, 3.8) is 0 Å². The van der Waals surface area contributed by atoms with Gasteiger partial charge >= 0.3 is 0 Å². The van der Waals surface area contributed by atoms with Crippen LogP contribution in [0.2, 0.25) is 0 Å². The third-order valence-electron chi connectivity index (χ3n) is 5.05. The predicted octanol–water partition coefficient (Wildman–Crippen LogP) is 3.75. The molecule has 0 radical (unpaired) electrons. The summed E-state index contributed by atoms with van der Waals surface area (Å²) in [7, 11) is 0. The average molecular weight is 253 g/mol. The molecular formula is C16H31NO. The van der Waals surface area contributed by atoms with Crippen molar-refractivity contribution in [2.75, 3.05) is 13.2 Å². The molecule has 106 valence electrons. The van der Waals surface area contributed by atoms with Crippen LogP contribution in [0.1, 0.15) is 65.7 Å². The molecule has 18 heavy (non-hydrogen) atoms. The van der Waals surface area contributed by atoms with E-state index in [2.05, 4.69) is 26.1 Å². The first kappa shape index (κ1) is 14.3. The van der Waals surface area contributed by atoms with Gasteiger partial charge in [-0.25, -0.2) is 0 Å². The Labute approximate surface area is 113 Å². The molecule has 2 heteroatoms. The Morgan fingerprint density at radius 1 is 1.28 bits per heavy atom. The van der Waals surface area contributed by atoms with E-state index in [1.807, 2.05) is 0 Å². The molecule has 0 amide bonds. The van der Waals surface area contributed by atoms with Crippen molar-refractivity contribution in [3.8, 4) is 0 Å². The van der Waals surface area contributed by atoms with Crippen LogP contribution >= 0.6 is 0 Å². The molecule has 2 nitrogen and oxygen atoms in total.